The van der Waals surface area contributed by atoms with Crippen molar-refractivity contribution in [1.82, 2.24) is 0 Å². The Morgan fingerprint density at radius 2 is 2.31 bits per heavy atom. The molecule has 1 N–H and O–H groups in total. The predicted octanol–water partition coefficient (Wildman–Crippen LogP) is 1.96. The first-order valence-corrected chi connectivity index (χ1v) is 5.41. The van der Waals surface area contributed by atoms with E-state index in [9.17, 15) is 5.11 Å². The van der Waals surface area contributed by atoms with Crippen LogP contribution in [-0.2, 0) is 4.74 Å². The first-order valence-electron chi connectivity index (χ1n) is 5.41. The summed E-state index contributed by atoms with van der Waals surface area (Å²) in [5.74, 6) is 1.05. The number of para-hydroxylation sites is 1. The molecule has 4 nitrogen and oxygen atoms in total. The average molecular weight is 224 g/mol. The maximum absolute atomic E-state index is 9.71. The van der Waals surface area contributed by atoms with E-state index in [-0.39, 0.29) is 11.9 Å². The molecule has 1 atom stereocenters. The maximum Gasteiger partial charge on any atom is 0.203 e. The molecule has 0 bridgehead atoms. The van der Waals surface area contributed by atoms with Crippen molar-refractivity contribution in [3.63, 3.8) is 0 Å². The van der Waals surface area contributed by atoms with Crippen LogP contribution in [0.2, 0.25) is 0 Å². The fourth-order valence-corrected chi connectivity index (χ4v) is 1.75. The number of ether oxygens (including phenoxy) is 3. The second-order valence-corrected chi connectivity index (χ2v) is 3.77. The molecule has 4 heteroatoms. The molecule has 1 saturated heterocycles. The third-order valence-corrected chi connectivity index (χ3v) is 2.58. The van der Waals surface area contributed by atoms with Gasteiger partial charge in [-0.15, -0.1) is 0 Å². The molecule has 16 heavy (non-hydrogen) atoms. The van der Waals surface area contributed by atoms with E-state index < -0.39 is 0 Å². The van der Waals surface area contributed by atoms with Crippen LogP contribution in [0.3, 0.4) is 0 Å². The molecule has 0 saturated carbocycles. The molecule has 1 aliphatic rings. The molecule has 1 aliphatic heterocycles. The van der Waals surface area contributed by atoms with E-state index in [2.05, 4.69) is 0 Å². The fraction of sp³-hybridized carbons (Fsp3) is 0.500. The Labute approximate surface area is 94.8 Å². The van der Waals surface area contributed by atoms with Crippen molar-refractivity contribution in [2.75, 3.05) is 20.3 Å². The maximum atomic E-state index is 9.71. The average Bonchev–Trinajstić information content (AvgIpc) is 2.33. The van der Waals surface area contributed by atoms with Crippen LogP contribution in [0.15, 0.2) is 18.2 Å². The van der Waals surface area contributed by atoms with E-state index in [0.29, 0.717) is 18.1 Å². The molecular formula is C12H16O4. The lowest BCUT2D eigenvalue weighted by atomic mass is 10.2. The summed E-state index contributed by atoms with van der Waals surface area (Å²) in [5.41, 5.74) is 0. The molecule has 1 aromatic carbocycles. The Kier molecular flexibility index (Phi) is 3.51. The SMILES string of the molecule is COc1cccc(O)c1OC1CCCOC1. The summed E-state index contributed by atoms with van der Waals surface area (Å²) in [7, 11) is 1.55. The predicted molar refractivity (Wildman–Crippen MR) is 59.1 cm³/mol. The minimum absolute atomic E-state index is 0.00375. The van der Waals surface area contributed by atoms with E-state index in [0.717, 1.165) is 19.4 Å². The highest BCUT2D eigenvalue weighted by atomic mass is 16.6. The van der Waals surface area contributed by atoms with Crippen LogP contribution < -0.4 is 9.47 Å². The van der Waals surface area contributed by atoms with Crippen molar-refractivity contribution in [3.05, 3.63) is 18.2 Å². The van der Waals surface area contributed by atoms with Gasteiger partial charge in [-0.1, -0.05) is 6.07 Å². The summed E-state index contributed by atoms with van der Waals surface area (Å²) in [4.78, 5) is 0. The molecule has 0 aliphatic carbocycles. The van der Waals surface area contributed by atoms with E-state index in [4.69, 9.17) is 14.2 Å². The van der Waals surface area contributed by atoms with Crippen LogP contribution >= 0.6 is 0 Å². The molecule has 1 unspecified atom stereocenters. The molecule has 1 fully saturated rings. The monoisotopic (exact) mass is 224 g/mol. The largest absolute Gasteiger partial charge is 0.504 e. The standard InChI is InChI=1S/C12H16O4/c1-14-11-6-2-5-10(13)12(11)16-9-4-3-7-15-8-9/h2,5-6,9,13H,3-4,7-8H2,1H3. The fourth-order valence-electron chi connectivity index (χ4n) is 1.75. The molecule has 0 aromatic heterocycles. The van der Waals surface area contributed by atoms with E-state index in [1.54, 1.807) is 25.3 Å². The molecule has 2 rings (SSSR count). The van der Waals surface area contributed by atoms with Gasteiger partial charge in [0, 0.05) is 6.61 Å². The molecule has 88 valence electrons. The van der Waals surface area contributed by atoms with Gasteiger partial charge in [-0.25, -0.2) is 0 Å². The topological polar surface area (TPSA) is 47.9 Å². The lowest BCUT2D eigenvalue weighted by Gasteiger charge is -2.24. The molecule has 0 radical (unpaired) electrons. The Morgan fingerprint density at radius 1 is 1.44 bits per heavy atom. The number of methoxy groups -OCH3 is 1. The molecule has 1 aromatic rings. The third kappa shape index (κ3) is 2.39. The minimum Gasteiger partial charge on any atom is -0.504 e. The molecule has 0 amide bonds. The van der Waals surface area contributed by atoms with Crippen LogP contribution in [0, 0.1) is 0 Å². The third-order valence-electron chi connectivity index (χ3n) is 2.58. The lowest BCUT2D eigenvalue weighted by Crippen LogP contribution is -2.28. The van der Waals surface area contributed by atoms with Gasteiger partial charge in [0.25, 0.3) is 0 Å². The summed E-state index contributed by atoms with van der Waals surface area (Å²) in [6.45, 7) is 1.36. The minimum atomic E-state index is -0.00375. The van der Waals surface area contributed by atoms with Gasteiger partial charge >= 0.3 is 0 Å². The van der Waals surface area contributed by atoms with Crippen LogP contribution in [0.25, 0.3) is 0 Å². The summed E-state index contributed by atoms with van der Waals surface area (Å²) in [6, 6.07) is 5.07. The van der Waals surface area contributed by atoms with Crippen LogP contribution in [0.1, 0.15) is 12.8 Å². The van der Waals surface area contributed by atoms with Crippen molar-refractivity contribution in [2.45, 2.75) is 18.9 Å². The number of phenols is 1. The second-order valence-electron chi connectivity index (χ2n) is 3.77. The molecule has 0 spiro atoms. The van der Waals surface area contributed by atoms with Crippen LogP contribution in [-0.4, -0.2) is 31.5 Å². The number of hydrogen-bond acceptors (Lipinski definition) is 4. The number of phenolic OH excluding ortho intramolecular Hbond substituents is 1. The Bertz CT molecular complexity index is 345. The van der Waals surface area contributed by atoms with Gasteiger partial charge in [0.15, 0.2) is 11.5 Å². The highest BCUT2D eigenvalue weighted by Gasteiger charge is 2.19. The van der Waals surface area contributed by atoms with Crippen molar-refractivity contribution in [3.8, 4) is 17.2 Å². The normalized spacial score (nSPS) is 20.4. The van der Waals surface area contributed by atoms with Gasteiger partial charge < -0.3 is 19.3 Å². The quantitative estimate of drug-likeness (QED) is 0.852. The van der Waals surface area contributed by atoms with Crippen molar-refractivity contribution >= 4 is 0 Å². The van der Waals surface area contributed by atoms with Crippen LogP contribution in [0.4, 0.5) is 0 Å². The number of rotatable bonds is 3. The van der Waals surface area contributed by atoms with E-state index >= 15 is 0 Å². The van der Waals surface area contributed by atoms with Gasteiger partial charge in [-0.2, -0.15) is 0 Å². The zero-order valence-corrected chi connectivity index (χ0v) is 9.31. The van der Waals surface area contributed by atoms with Crippen molar-refractivity contribution < 1.29 is 19.3 Å². The second kappa shape index (κ2) is 5.07. The van der Waals surface area contributed by atoms with Gasteiger partial charge in [0.1, 0.15) is 6.10 Å². The first kappa shape index (κ1) is 11.1. The lowest BCUT2D eigenvalue weighted by molar-refractivity contribution is 0.00542. The highest BCUT2D eigenvalue weighted by molar-refractivity contribution is 5.50. The summed E-state index contributed by atoms with van der Waals surface area (Å²) >= 11 is 0. The summed E-state index contributed by atoms with van der Waals surface area (Å²) in [6.07, 6.45) is 1.92. The Hall–Kier alpha value is -1.42. The van der Waals surface area contributed by atoms with Gasteiger partial charge in [-0.05, 0) is 25.0 Å². The molecular weight excluding hydrogens is 208 g/mol. The van der Waals surface area contributed by atoms with Crippen LogP contribution in [0.5, 0.6) is 17.2 Å². The summed E-state index contributed by atoms with van der Waals surface area (Å²) in [5, 5.41) is 9.71. The zero-order chi connectivity index (χ0) is 11.4. The summed E-state index contributed by atoms with van der Waals surface area (Å²) < 4.78 is 16.2. The number of aromatic hydroxyl groups is 1. The van der Waals surface area contributed by atoms with Gasteiger partial charge in [-0.3, -0.25) is 0 Å². The van der Waals surface area contributed by atoms with Gasteiger partial charge in [0.2, 0.25) is 5.75 Å². The van der Waals surface area contributed by atoms with Crippen molar-refractivity contribution in [1.29, 1.82) is 0 Å². The van der Waals surface area contributed by atoms with Crippen molar-refractivity contribution in [2.24, 2.45) is 0 Å². The Balaban J connectivity index is 2.12. The number of hydrogen-bond donors (Lipinski definition) is 1. The number of benzene rings is 1. The van der Waals surface area contributed by atoms with E-state index in [1.807, 2.05) is 0 Å². The van der Waals surface area contributed by atoms with Gasteiger partial charge in [0.05, 0.1) is 13.7 Å². The Morgan fingerprint density at radius 3 is 3.00 bits per heavy atom. The highest BCUT2D eigenvalue weighted by Crippen LogP contribution is 2.37. The smallest absolute Gasteiger partial charge is 0.203 e. The van der Waals surface area contributed by atoms with E-state index in [1.165, 1.54) is 0 Å². The zero-order valence-electron chi connectivity index (χ0n) is 9.31. The first-order chi connectivity index (χ1) is 7.81. The molecule has 1 heterocycles.